The number of hydrogen-bond donors (Lipinski definition) is 1. The lowest BCUT2D eigenvalue weighted by atomic mass is 9.94. The predicted octanol–water partition coefficient (Wildman–Crippen LogP) is 2.51. The molecular formula is C15H32N2O. The third-order valence-electron chi connectivity index (χ3n) is 3.55. The van der Waals surface area contributed by atoms with Crippen LogP contribution in [0.4, 0.5) is 0 Å². The van der Waals surface area contributed by atoms with Gasteiger partial charge in [0.1, 0.15) is 0 Å². The van der Waals surface area contributed by atoms with Crippen LogP contribution in [0.5, 0.6) is 0 Å². The zero-order valence-electron chi connectivity index (χ0n) is 13.0. The van der Waals surface area contributed by atoms with Crippen molar-refractivity contribution in [1.82, 2.24) is 10.2 Å². The van der Waals surface area contributed by atoms with Gasteiger partial charge in [0.05, 0.1) is 6.61 Å². The first kappa shape index (κ1) is 15.9. The van der Waals surface area contributed by atoms with Gasteiger partial charge in [-0.2, -0.15) is 0 Å². The van der Waals surface area contributed by atoms with Gasteiger partial charge in [0.25, 0.3) is 0 Å². The molecule has 18 heavy (non-hydrogen) atoms. The summed E-state index contributed by atoms with van der Waals surface area (Å²) in [5.41, 5.74) is 0.234. The fourth-order valence-electron chi connectivity index (χ4n) is 2.68. The van der Waals surface area contributed by atoms with E-state index < -0.39 is 0 Å². The van der Waals surface area contributed by atoms with Crippen molar-refractivity contribution in [1.29, 1.82) is 0 Å². The van der Waals surface area contributed by atoms with Crippen molar-refractivity contribution < 1.29 is 4.74 Å². The largest absolute Gasteiger partial charge is 0.380 e. The molecular weight excluding hydrogens is 224 g/mol. The standard InChI is InChI=1S/C15H32N2O/c1-6-8-18-9-7-17-12-15(4,5)16-11-14(17)10-13(2)3/h13-14,16H,6-12H2,1-5H3. The minimum absolute atomic E-state index is 0.234. The van der Waals surface area contributed by atoms with Crippen LogP contribution in [-0.2, 0) is 4.74 Å². The highest BCUT2D eigenvalue weighted by Crippen LogP contribution is 2.19. The van der Waals surface area contributed by atoms with Crippen molar-refractivity contribution in [2.75, 3.05) is 32.8 Å². The van der Waals surface area contributed by atoms with Crippen LogP contribution in [-0.4, -0.2) is 49.3 Å². The van der Waals surface area contributed by atoms with Gasteiger partial charge in [-0.1, -0.05) is 20.8 Å². The average molecular weight is 256 g/mol. The quantitative estimate of drug-likeness (QED) is 0.708. The molecule has 108 valence electrons. The smallest absolute Gasteiger partial charge is 0.0593 e. The maximum absolute atomic E-state index is 5.64. The van der Waals surface area contributed by atoms with E-state index in [1.807, 2.05) is 0 Å². The Balaban J connectivity index is 2.43. The molecule has 3 heteroatoms. The van der Waals surface area contributed by atoms with E-state index in [4.69, 9.17) is 4.74 Å². The average Bonchev–Trinajstić information content (AvgIpc) is 2.27. The Kier molecular flexibility index (Phi) is 6.61. The topological polar surface area (TPSA) is 24.5 Å². The second-order valence-corrected chi connectivity index (χ2v) is 6.63. The lowest BCUT2D eigenvalue weighted by molar-refractivity contribution is 0.0426. The molecule has 1 N–H and O–H groups in total. The van der Waals surface area contributed by atoms with Gasteiger partial charge in [-0.3, -0.25) is 4.90 Å². The molecule has 0 bridgehead atoms. The molecule has 1 unspecified atom stereocenters. The van der Waals surface area contributed by atoms with Gasteiger partial charge in [-0.05, 0) is 32.6 Å². The van der Waals surface area contributed by atoms with E-state index in [-0.39, 0.29) is 5.54 Å². The zero-order chi connectivity index (χ0) is 13.6. The molecule has 1 rings (SSSR count). The van der Waals surface area contributed by atoms with Gasteiger partial charge in [-0.25, -0.2) is 0 Å². The Morgan fingerprint density at radius 2 is 2.06 bits per heavy atom. The fourth-order valence-corrected chi connectivity index (χ4v) is 2.68. The van der Waals surface area contributed by atoms with Crippen LogP contribution in [0.2, 0.25) is 0 Å². The summed E-state index contributed by atoms with van der Waals surface area (Å²) in [6.07, 6.45) is 2.39. The van der Waals surface area contributed by atoms with E-state index in [9.17, 15) is 0 Å². The Hall–Kier alpha value is -0.120. The van der Waals surface area contributed by atoms with Gasteiger partial charge < -0.3 is 10.1 Å². The molecule has 0 radical (unpaired) electrons. The number of ether oxygens (including phenoxy) is 1. The monoisotopic (exact) mass is 256 g/mol. The lowest BCUT2D eigenvalue weighted by Crippen LogP contribution is -2.62. The molecule has 0 aromatic heterocycles. The summed E-state index contributed by atoms with van der Waals surface area (Å²) < 4.78 is 5.64. The second kappa shape index (κ2) is 7.46. The van der Waals surface area contributed by atoms with E-state index in [0.29, 0.717) is 6.04 Å². The van der Waals surface area contributed by atoms with Gasteiger partial charge >= 0.3 is 0 Å². The molecule has 0 amide bonds. The van der Waals surface area contributed by atoms with Gasteiger partial charge in [0.15, 0.2) is 0 Å². The molecule has 1 atom stereocenters. The molecule has 0 aromatic carbocycles. The third kappa shape index (κ3) is 5.68. The molecule has 0 spiro atoms. The molecule has 1 heterocycles. The highest BCUT2D eigenvalue weighted by molar-refractivity contribution is 4.92. The van der Waals surface area contributed by atoms with Crippen LogP contribution in [0, 0.1) is 5.92 Å². The predicted molar refractivity (Wildman–Crippen MR) is 78.0 cm³/mol. The molecule has 1 aliphatic heterocycles. The Bertz CT molecular complexity index is 229. The van der Waals surface area contributed by atoms with Crippen molar-refractivity contribution in [3.8, 4) is 0 Å². The summed E-state index contributed by atoms with van der Waals surface area (Å²) in [6, 6.07) is 0.670. The molecule has 0 saturated carbocycles. The first-order chi connectivity index (χ1) is 8.44. The summed E-state index contributed by atoms with van der Waals surface area (Å²) in [6.45, 7) is 16.4. The fraction of sp³-hybridized carbons (Fsp3) is 1.00. The third-order valence-corrected chi connectivity index (χ3v) is 3.55. The van der Waals surface area contributed by atoms with Crippen LogP contribution < -0.4 is 5.32 Å². The maximum atomic E-state index is 5.64. The Morgan fingerprint density at radius 3 is 2.67 bits per heavy atom. The number of nitrogens with one attached hydrogen (secondary N) is 1. The van der Waals surface area contributed by atoms with Crippen LogP contribution in [0.25, 0.3) is 0 Å². The van der Waals surface area contributed by atoms with E-state index >= 15 is 0 Å². The molecule has 1 fully saturated rings. The van der Waals surface area contributed by atoms with Crippen LogP contribution in [0.1, 0.15) is 47.5 Å². The SMILES string of the molecule is CCCOCCN1CC(C)(C)NCC1CC(C)C. The summed E-state index contributed by atoms with van der Waals surface area (Å²) in [7, 11) is 0. The van der Waals surface area contributed by atoms with E-state index in [2.05, 4.69) is 44.8 Å². The normalized spacial score (nSPS) is 24.7. The van der Waals surface area contributed by atoms with Gasteiger partial charge in [-0.15, -0.1) is 0 Å². The molecule has 1 aliphatic rings. The van der Waals surface area contributed by atoms with E-state index in [1.165, 1.54) is 6.42 Å². The van der Waals surface area contributed by atoms with Crippen molar-refractivity contribution in [2.24, 2.45) is 5.92 Å². The van der Waals surface area contributed by atoms with E-state index in [1.54, 1.807) is 0 Å². The van der Waals surface area contributed by atoms with Gasteiger partial charge in [0.2, 0.25) is 0 Å². The minimum atomic E-state index is 0.234. The maximum Gasteiger partial charge on any atom is 0.0593 e. The Morgan fingerprint density at radius 1 is 1.33 bits per heavy atom. The summed E-state index contributed by atoms with van der Waals surface area (Å²) >= 11 is 0. The Labute approximate surface area is 113 Å². The first-order valence-corrected chi connectivity index (χ1v) is 7.51. The van der Waals surface area contributed by atoms with Crippen molar-refractivity contribution in [2.45, 2.75) is 59.0 Å². The first-order valence-electron chi connectivity index (χ1n) is 7.51. The van der Waals surface area contributed by atoms with Crippen molar-refractivity contribution >= 4 is 0 Å². The lowest BCUT2D eigenvalue weighted by Gasteiger charge is -2.45. The number of rotatable bonds is 7. The van der Waals surface area contributed by atoms with Crippen LogP contribution >= 0.6 is 0 Å². The number of nitrogens with zero attached hydrogens (tertiary/aromatic N) is 1. The highest BCUT2D eigenvalue weighted by atomic mass is 16.5. The highest BCUT2D eigenvalue weighted by Gasteiger charge is 2.32. The summed E-state index contributed by atoms with van der Waals surface area (Å²) in [5, 5.41) is 3.66. The van der Waals surface area contributed by atoms with Crippen molar-refractivity contribution in [3.63, 3.8) is 0 Å². The summed E-state index contributed by atoms with van der Waals surface area (Å²) in [4.78, 5) is 2.62. The minimum Gasteiger partial charge on any atom is -0.380 e. The summed E-state index contributed by atoms with van der Waals surface area (Å²) in [5.74, 6) is 0.761. The van der Waals surface area contributed by atoms with E-state index in [0.717, 1.165) is 45.2 Å². The molecule has 0 aromatic rings. The van der Waals surface area contributed by atoms with Crippen LogP contribution in [0.3, 0.4) is 0 Å². The number of piperazine rings is 1. The number of hydrogen-bond acceptors (Lipinski definition) is 3. The van der Waals surface area contributed by atoms with Crippen molar-refractivity contribution in [3.05, 3.63) is 0 Å². The molecule has 1 saturated heterocycles. The van der Waals surface area contributed by atoms with Gasteiger partial charge in [0, 0.05) is 37.8 Å². The zero-order valence-corrected chi connectivity index (χ0v) is 13.0. The van der Waals surface area contributed by atoms with Crippen LogP contribution in [0.15, 0.2) is 0 Å². The molecule has 0 aliphatic carbocycles. The second-order valence-electron chi connectivity index (χ2n) is 6.63. The molecule has 3 nitrogen and oxygen atoms in total.